The molecule has 0 atom stereocenters. The van der Waals surface area contributed by atoms with Crippen LogP contribution in [0.25, 0.3) is 0 Å². The van der Waals surface area contributed by atoms with E-state index in [9.17, 15) is 4.79 Å². The molecule has 1 aromatic carbocycles. The maximum absolute atomic E-state index is 11.6. The third-order valence-corrected chi connectivity index (χ3v) is 2.89. The number of benzene rings is 1. The van der Waals surface area contributed by atoms with Crippen LogP contribution in [0.2, 0.25) is 0 Å². The topological polar surface area (TPSA) is 78.8 Å². The van der Waals surface area contributed by atoms with Crippen LogP contribution in [0, 0.1) is 0 Å². The number of amides is 1. The van der Waals surface area contributed by atoms with Crippen molar-refractivity contribution in [3.8, 4) is 5.75 Å². The lowest BCUT2D eigenvalue weighted by Crippen LogP contribution is -2.23. The van der Waals surface area contributed by atoms with Gasteiger partial charge in [0.05, 0.1) is 0 Å². The summed E-state index contributed by atoms with van der Waals surface area (Å²) in [5.41, 5.74) is 0.852. The van der Waals surface area contributed by atoms with Crippen molar-refractivity contribution in [1.29, 1.82) is 0 Å². The molecule has 1 aromatic rings. The molecule has 0 aliphatic heterocycles. The maximum Gasteiger partial charge on any atom is 0.707 e. The highest BCUT2D eigenvalue weighted by Gasteiger charge is 2.11. The quantitative estimate of drug-likeness (QED) is 0.474. The summed E-state index contributed by atoms with van der Waals surface area (Å²) >= 11 is 0. The number of rotatable bonds is 9. The average Bonchev–Trinajstić information content (AvgIpc) is 2.41. The second-order valence-corrected chi connectivity index (χ2v) is 4.68. The number of unbranched alkanes of at least 4 members (excludes halogenated alkanes) is 3. The van der Waals surface area contributed by atoms with Gasteiger partial charge >= 0.3 is 7.32 Å². The molecule has 0 unspecified atom stereocenters. The van der Waals surface area contributed by atoms with Crippen LogP contribution in [-0.2, 0) is 11.3 Å². The van der Waals surface area contributed by atoms with E-state index >= 15 is 0 Å². The molecule has 0 saturated carbocycles. The SMILES string of the molecule is CCCCCCC(=O)NCc1cccc(OB(O)O)c1. The second kappa shape index (κ2) is 9.39. The fraction of sp³-hybridized carbons (Fsp3) is 0.500. The molecule has 3 N–H and O–H groups in total. The van der Waals surface area contributed by atoms with E-state index < -0.39 is 7.32 Å². The van der Waals surface area contributed by atoms with Gasteiger partial charge in [-0.1, -0.05) is 38.3 Å². The largest absolute Gasteiger partial charge is 0.707 e. The Morgan fingerprint density at radius 3 is 2.80 bits per heavy atom. The molecule has 5 nitrogen and oxygen atoms in total. The normalized spacial score (nSPS) is 10.2. The van der Waals surface area contributed by atoms with Crippen molar-refractivity contribution in [2.45, 2.75) is 45.6 Å². The van der Waals surface area contributed by atoms with E-state index in [0.717, 1.165) is 31.2 Å². The van der Waals surface area contributed by atoms with Crippen molar-refractivity contribution in [1.82, 2.24) is 5.32 Å². The van der Waals surface area contributed by atoms with E-state index in [0.29, 0.717) is 18.7 Å². The highest BCUT2D eigenvalue weighted by Crippen LogP contribution is 2.13. The Morgan fingerprint density at radius 2 is 2.10 bits per heavy atom. The number of carbonyl (C=O) groups is 1. The van der Waals surface area contributed by atoms with Gasteiger partial charge in [0, 0.05) is 13.0 Å². The van der Waals surface area contributed by atoms with Gasteiger partial charge in [0.25, 0.3) is 0 Å². The highest BCUT2D eigenvalue weighted by molar-refractivity contribution is 6.33. The smallest absolute Gasteiger partial charge is 0.512 e. The Balaban J connectivity index is 2.32. The number of carbonyl (C=O) groups excluding carboxylic acids is 1. The first-order valence-corrected chi connectivity index (χ1v) is 7.00. The molecule has 6 heteroatoms. The van der Waals surface area contributed by atoms with Gasteiger partial charge in [0.2, 0.25) is 5.91 Å². The standard InChI is InChI=1S/C14H22BNO4/c1-2-3-4-5-9-14(17)16-11-12-7-6-8-13(10-12)20-15(18)19/h6-8,10,18-19H,2-5,9,11H2,1H3,(H,16,17). The Kier molecular flexibility index (Phi) is 7.76. The minimum Gasteiger partial charge on any atom is -0.512 e. The Bertz CT molecular complexity index is 412. The predicted molar refractivity (Wildman–Crippen MR) is 77.9 cm³/mol. The van der Waals surface area contributed by atoms with Gasteiger partial charge in [-0.05, 0) is 24.1 Å². The molecular weight excluding hydrogens is 257 g/mol. The highest BCUT2D eigenvalue weighted by atomic mass is 16.6. The van der Waals surface area contributed by atoms with E-state index in [1.54, 1.807) is 18.2 Å². The van der Waals surface area contributed by atoms with Crippen molar-refractivity contribution in [2.75, 3.05) is 0 Å². The van der Waals surface area contributed by atoms with Crippen LogP contribution < -0.4 is 9.97 Å². The van der Waals surface area contributed by atoms with Gasteiger partial charge in [0.15, 0.2) is 0 Å². The van der Waals surface area contributed by atoms with E-state index in [-0.39, 0.29) is 5.91 Å². The molecule has 0 spiro atoms. The van der Waals surface area contributed by atoms with Crippen molar-refractivity contribution < 1.29 is 19.5 Å². The van der Waals surface area contributed by atoms with Crippen LogP contribution in [-0.4, -0.2) is 23.3 Å². The summed E-state index contributed by atoms with van der Waals surface area (Å²) < 4.78 is 4.75. The minimum absolute atomic E-state index is 0.0367. The zero-order valence-electron chi connectivity index (χ0n) is 11.8. The monoisotopic (exact) mass is 279 g/mol. The van der Waals surface area contributed by atoms with E-state index in [2.05, 4.69) is 12.2 Å². The van der Waals surface area contributed by atoms with Gasteiger partial charge in [-0.2, -0.15) is 0 Å². The molecule has 0 saturated heterocycles. The molecule has 1 amide bonds. The molecule has 0 heterocycles. The van der Waals surface area contributed by atoms with Gasteiger partial charge in [-0.25, -0.2) is 0 Å². The van der Waals surface area contributed by atoms with Crippen LogP contribution >= 0.6 is 0 Å². The Morgan fingerprint density at radius 1 is 1.30 bits per heavy atom. The first kappa shape index (κ1) is 16.5. The molecular formula is C14H22BNO4. The first-order chi connectivity index (χ1) is 9.61. The lowest BCUT2D eigenvalue weighted by atomic mass is 10.1. The molecule has 0 aromatic heterocycles. The average molecular weight is 279 g/mol. The third kappa shape index (κ3) is 7.16. The fourth-order valence-corrected chi connectivity index (χ4v) is 1.85. The molecule has 0 bridgehead atoms. The summed E-state index contributed by atoms with van der Waals surface area (Å²) in [6.45, 7) is 2.55. The molecule has 0 fully saturated rings. The zero-order chi connectivity index (χ0) is 14.8. The minimum atomic E-state index is -1.83. The molecule has 0 radical (unpaired) electrons. The van der Waals surface area contributed by atoms with Crippen LogP contribution in [0.1, 0.15) is 44.6 Å². The number of nitrogens with one attached hydrogen (secondary N) is 1. The van der Waals surface area contributed by atoms with Crippen LogP contribution in [0.5, 0.6) is 5.75 Å². The van der Waals surface area contributed by atoms with Crippen LogP contribution in [0.3, 0.4) is 0 Å². The lowest BCUT2D eigenvalue weighted by Gasteiger charge is -2.08. The van der Waals surface area contributed by atoms with Crippen molar-refractivity contribution >= 4 is 13.2 Å². The third-order valence-electron chi connectivity index (χ3n) is 2.89. The van der Waals surface area contributed by atoms with E-state index in [1.807, 2.05) is 6.07 Å². The van der Waals surface area contributed by atoms with E-state index in [4.69, 9.17) is 14.7 Å². The summed E-state index contributed by atoms with van der Waals surface area (Å²) in [6.07, 6.45) is 4.87. The number of hydrogen-bond acceptors (Lipinski definition) is 4. The summed E-state index contributed by atoms with van der Waals surface area (Å²) in [7, 11) is -1.83. The maximum atomic E-state index is 11.6. The Labute approximate surface area is 120 Å². The first-order valence-electron chi connectivity index (χ1n) is 7.00. The van der Waals surface area contributed by atoms with Crippen molar-refractivity contribution in [2.24, 2.45) is 0 Å². The summed E-state index contributed by atoms with van der Waals surface area (Å²) in [4.78, 5) is 11.6. The molecule has 0 aliphatic rings. The van der Waals surface area contributed by atoms with Crippen LogP contribution in [0.15, 0.2) is 24.3 Å². The molecule has 20 heavy (non-hydrogen) atoms. The summed E-state index contributed by atoms with van der Waals surface area (Å²) in [6, 6.07) is 6.86. The van der Waals surface area contributed by atoms with Crippen molar-refractivity contribution in [3.05, 3.63) is 29.8 Å². The summed E-state index contributed by atoms with van der Waals surface area (Å²) in [5.74, 6) is 0.393. The molecule has 1 rings (SSSR count). The second-order valence-electron chi connectivity index (χ2n) is 4.68. The van der Waals surface area contributed by atoms with Gasteiger partial charge < -0.3 is 20.0 Å². The molecule has 110 valence electrons. The Hall–Kier alpha value is -1.53. The molecule has 0 aliphatic carbocycles. The lowest BCUT2D eigenvalue weighted by molar-refractivity contribution is -0.121. The van der Waals surface area contributed by atoms with Gasteiger partial charge in [0.1, 0.15) is 5.75 Å². The summed E-state index contributed by atoms with van der Waals surface area (Å²) in [5, 5.41) is 20.3. The van der Waals surface area contributed by atoms with Crippen molar-refractivity contribution in [3.63, 3.8) is 0 Å². The van der Waals surface area contributed by atoms with Gasteiger partial charge in [-0.3, -0.25) is 4.79 Å². The van der Waals surface area contributed by atoms with Gasteiger partial charge in [-0.15, -0.1) is 0 Å². The van der Waals surface area contributed by atoms with Crippen LogP contribution in [0.4, 0.5) is 0 Å². The zero-order valence-corrected chi connectivity index (χ0v) is 11.8. The van der Waals surface area contributed by atoms with E-state index in [1.165, 1.54) is 0 Å². The fourth-order valence-electron chi connectivity index (χ4n) is 1.85. The predicted octanol–water partition coefficient (Wildman–Crippen LogP) is 1.62. The number of hydrogen-bond donors (Lipinski definition) is 3.